The summed E-state index contributed by atoms with van der Waals surface area (Å²) in [5.74, 6) is -0.950. The van der Waals surface area contributed by atoms with Gasteiger partial charge in [-0.25, -0.2) is 4.98 Å². The zero-order chi connectivity index (χ0) is 29.7. The lowest BCUT2D eigenvalue weighted by atomic mass is 9.85. The van der Waals surface area contributed by atoms with Gasteiger partial charge in [0, 0.05) is 32.5 Å². The van der Waals surface area contributed by atoms with Crippen LogP contribution in [0.1, 0.15) is 72.1 Å². The van der Waals surface area contributed by atoms with E-state index in [-0.39, 0.29) is 37.1 Å². The fourth-order valence-corrected chi connectivity index (χ4v) is 5.70. The van der Waals surface area contributed by atoms with Gasteiger partial charge in [-0.1, -0.05) is 45.0 Å². The molecule has 1 aliphatic rings. The monoisotopic (exact) mass is 572 g/mol. The minimum atomic E-state index is -0.849. The van der Waals surface area contributed by atoms with Crippen molar-refractivity contribution < 1.29 is 24.2 Å². The van der Waals surface area contributed by atoms with Crippen molar-refractivity contribution in [3.63, 3.8) is 0 Å². The number of rotatable bonds is 11. The first-order valence-electron chi connectivity index (χ1n) is 13.9. The van der Waals surface area contributed by atoms with Gasteiger partial charge in [0.25, 0.3) is 0 Å². The van der Waals surface area contributed by atoms with E-state index in [9.17, 15) is 19.5 Å². The Morgan fingerprint density at radius 3 is 2.42 bits per heavy atom. The lowest BCUT2D eigenvalue weighted by Crippen LogP contribution is -2.57. The Morgan fingerprint density at radius 2 is 1.85 bits per heavy atom. The molecule has 3 atom stereocenters. The highest BCUT2D eigenvalue weighted by Crippen LogP contribution is 2.28. The van der Waals surface area contributed by atoms with Gasteiger partial charge in [-0.15, -0.1) is 11.3 Å². The van der Waals surface area contributed by atoms with Gasteiger partial charge in [-0.05, 0) is 50.7 Å². The van der Waals surface area contributed by atoms with Gasteiger partial charge in [0.05, 0.1) is 27.8 Å². The number of β-amino-alcohol motifs (C(OH)–C–C–N with tert-alkyl or cyclic N) is 1. The van der Waals surface area contributed by atoms with E-state index in [0.717, 1.165) is 21.7 Å². The van der Waals surface area contributed by atoms with Gasteiger partial charge in [0.15, 0.2) is 0 Å². The summed E-state index contributed by atoms with van der Waals surface area (Å²) in [7, 11) is 0. The number of thiazole rings is 1. The molecule has 0 spiro atoms. The van der Waals surface area contributed by atoms with Gasteiger partial charge in [-0.3, -0.25) is 14.4 Å². The van der Waals surface area contributed by atoms with Gasteiger partial charge in [-0.2, -0.15) is 0 Å². The Balaban J connectivity index is 1.64. The summed E-state index contributed by atoms with van der Waals surface area (Å²) in [6, 6.07) is 6.25. The number of amides is 3. The van der Waals surface area contributed by atoms with Crippen LogP contribution in [0, 0.1) is 12.3 Å². The van der Waals surface area contributed by atoms with E-state index in [1.165, 1.54) is 4.90 Å². The standard InChI is InChI=1S/C30H44N4O5S/c1-8-39-30(6,7)14-13-24(36)33-26(29(3,4)5)28(38)34-17-22(35)15-23(34)27(37)31-16-20-9-11-21(12-10-20)25-19(2)32-18-40-25/h9-12,18,22-23,26,35H,8,13-17H2,1-7H3,(H,31,37)(H,33,36)/t22-,23+,26?/m0/s1. The normalized spacial score (nSPS) is 18.4. The molecule has 0 bridgehead atoms. The summed E-state index contributed by atoms with van der Waals surface area (Å²) in [5, 5.41) is 16.2. The maximum Gasteiger partial charge on any atom is 0.246 e. The van der Waals surface area contributed by atoms with E-state index >= 15 is 0 Å². The average Bonchev–Trinajstić information content (AvgIpc) is 3.49. The second-order valence-electron chi connectivity index (χ2n) is 12.1. The van der Waals surface area contributed by atoms with Crippen molar-refractivity contribution >= 4 is 29.1 Å². The first kappa shape index (κ1) is 31.7. The highest BCUT2D eigenvalue weighted by atomic mass is 32.1. The van der Waals surface area contributed by atoms with Crippen molar-refractivity contribution in [3.8, 4) is 10.4 Å². The predicted octanol–water partition coefficient (Wildman–Crippen LogP) is 3.82. The molecule has 1 unspecified atom stereocenters. The van der Waals surface area contributed by atoms with Gasteiger partial charge < -0.3 is 25.4 Å². The van der Waals surface area contributed by atoms with E-state index in [2.05, 4.69) is 15.6 Å². The topological polar surface area (TPSA) is 121 Å². The first-order valence-corrected chi connectivity index (χ1v) is 14.8. The molecule has 0 radical (unpaired) electrons. The third-order valence-corrected chi connectivity index (χ3v) is 8.18. The van der Waals surface area contributed by atoms with Gasteiger partial charge >= 0.3 is 0 Å². The van der Waals surface area contributed by atoms with Crippen molar-refractivity contribution in [1.82, 2.24) is 20.5 Å². The molecule has 1 aliphatic heterocycles. The summed E-state index contributed by atoms with van der Waals surface area (Å²) in [6.45, 7) is 14.3. The number of hydrogen-bond donors (Lipinski definition) is 3. The molecular formula is C30H44N4O5S. The van der Waals surface area contributed by atoms with Gasteiger partial charge in [0.2, 0.25) is 17.7 Å². The number of nitrogens with zero attached hydrogens (tertiary/aromatic N) is 2. The molecule has 0 aliphatic carbocycles. The maximum atomic E-state index is 13.7. The molecule has 1 fully saturated rings. The molecule has 3 N–H and O–H groups in total. The van der Waals surface area contributed by atoms with E-state index in [4.69, 9.17) is 4.74 Å². The quantitative estimate of drug-likeness (QED) is 0.377. The number of aliphatic hydroxyl groups is 1. The lowest BCUT2D eigenvalue weighted by Gasteiger charge is -2.35. The number of hydrogen-bond acceptors (Lipinski definition) is 7. The molecule has 2 aromatic rings. The molecule has 1 aromatic heterocycles. The van der Waals surface area contributed by atoms with Crippen LogP contribution in [-0.2, 0) is 25.7 Å². The number of aryl methyl sites for hydroxylation is 1. The first-order chi connectivity index (χ1) is 18.7. The van der Waals surface area contributed by atoms with Gasteiger partial charge in [0.1, 0.15) is 12.1 Å². The van der Waals surface area contributed by atoms with E-state index in [1.54, 1.807) is 11.3 Å². The smallest absolute Gasteiger partial charge is 0.246 e. The van der Waals surface area contributed by atoms with Crippen molar-refractivity contribution in [2.75, 3.05) is 13.2 Å². The molecule has 0 saturated carbocycles. The van der Waals surface area contributed by atoms with Crippen LogP contribution < -0.4 is 10.6 Å². The molecule has 1 aromatic carbocycles. The Kier molecular flexibility index (Phi) is 10.5. The number of ether oxygens (including phenoxy) is 1. The fourth-order valence-electron chi connectivity index (χ4n) is 4.89. The van der Waals surface area contributed by atoms with Crippen LogP contribution in [0.3, 0.4) is 0 Å². The van der Waals surface area contributed by atoms with E-state index in [0.29, 0.717) is 19.6 Å². The maximum absolute atomic E-state index is 13.7. The van der Waals surface area contributed by atoms with Crippen molar-refractivity contribution in [2.45, 2.75) is 98.1 Å². The summed E-state index contributed by atoms with van der Waals surface area (Å²) < 4.78 is 5.69. The Labute approximate surface area is 241 Å². The summed E-state index contributed by atoms with van der Waals surface area (Å²) >= 11 is 1.59. The summed E-state index contributed by atoms with van der Waals surface area (Å²) in [5.41, 5.74) is 3.74. The number of likely N-dealkylation sites (tertiary alicyclic amines) is 1. The second-order valence-corrected chi connectivity index (χ2v) is 13.0. The average molecular weight is 573 g/mol. The molecule has 3 amide bonds. The molecule has 10 heteroatoms. The zero-order valence-electron chi connectivity index (χ0n) is 24.7. The van der Waals surface area contributed by atoms with Crippen LogP contribution in [0.2, 0.25) is 0 Å². The number of nitrogens with one attached hydrogen (secondary N) is 2. The molecule has 9 nitrogen and oxygen atoms in total. The van der Waals surface area contributed by atoms with Crippen molar-refractivity contribution in [2.24, 2.45) is 5.41 Å². The summed E-state index contributed by atoms with van der Waals surface area (Å²) in [4.78, 5) is 46.6. The van der Waals surface area contributed by atoms with Crippen molar-refractivity contribution in [3.05, 3.63) is 41.0 Å². The molecular weight excluding hydrogens is 528 g/mol. The summed E-state index contributed by atoms with van der Waals surface area (Å²) in [6.07, 6.45) is 0.0515. The molecule has 3 rings (SSSR count). The molecule has 2 heterocycles. The van der Waals surface area contributed by atoms with E-state index in [1.807, 2.05) is 78.2 Å². The van der Waals surface area contributed by atoms with E-state index < -0.39 is 29.2 Å². The van der Waals surface area contributed by atoms with Crippen LogP contribution in [-0.4, -0.2) is 69.7 Å². The van der Waals surface area contributed by atoms with Crippen LogP contribution in [0.25, 0.3) is 10.4 Å². The second kappa shape index (κ2) is 13.2. The fraction of sp³-hybridized carbons (Fsp3) is 0.600. The Bertz CT molecular complexity index is 1170. The minimum Gasteiger partial charge on any atom is -0.391 e. The number of benzene rings is 1. The Morgan fingerprint density at radius 1 is 1.18 bits per heavy atom. The predicted molar refractivity (Wildman–Crippen MR) is 157 cm³/mol. The molecule has 1 saturated heterocycles. The van der Waals surface area contributed by atoms with Crippen molar-refractivity contribution in [1.29, 1.82) is 0 Å². The third kappa shape index (κ3) is 8.34. The van der Waals surface area contributed by atoms with Crippen LogP contribution in [0.5, 0.6) is 0 Å². The van der Waals surface area contributed by atoms with Crippen LogP contribution in [0.4, 0.5) is 0 Å². The lowest BCUT2D eigenvalue weighted by molar-refractivity contribution is -0.144. The Hall–Kier alpha value is -2.82. The number of aliphatic hydroxyl groups excluding tert-OH is 1. The number of carbonyl (C=O) groups is 3. The number of aromatic nitrogens is 1. The third-order valence-electron chi connectivity index (χ3n) is 7.20. The molecule has 220 valence electrons. The number of carbonyl (C=O) groups excluding carboxylic acids is 3. The highest BCUT2D eigenvalue weighted by molar-refractivity contribution is 7.13. The zero-order valence-corrected chi connectivity index (χ0v) is 25.6. The highest BCUT2D eigenvalue weighted by Gasteiger charge is 2.44. The minimum absolute atomic E-state index is 0.0413. The SMILES string of the molecule is CCOC(C)(C)CCC(=O)NC(C(=O)N1C[C@@H](O)C[C@@H]1C(=O)NCc1ccc(-c2scnc2C)cc1)C(C)(C)C. The van der Waals surface area contributed by atoms with Crippen LogP contribution in [0.15, 0.2) is 29.8 Å². The van der Waals surface area contributed by atoms with Crippen LogP contribution >= 0.6 is 11.3 Å². The molecule has 40 heavy (non-hydrogen) atoms. The largest absolute Gasteiger partial charge is 0.391 e.